The molecule has 5 rings (SSSR count). The van der Waals surface area contributed by atoms with Crippen LogP contribution in [0, 0.1) is 0 Å². The number of hydrogen-bond donors (Lipinski definition) is 1. The largest absolute Gasteiger partial charge is 0.426 e. The summed E-state index contributed by atoms with van der Waals surface area (Å²) in [5.74, 6) is 0.890. The molecule has 4 aromatic rings. The highest BCUT2D eigenvalue weighted by molar-refractivity contribution is 5.76. The van der Waals surface area contributed by atoms with Gasteiger partial charge in [-0.15, -0.1) is 0 Å². The molecule has 3 heterocycles. The molecule has 1 unspecified atom stereocenters. The minimum Gasteiger partial charge on any atom is -0.426 e. The number of pyridine rings is 1. The van der Waals surface area contributed by atoms with Crippen LogP contribution >= 0.6 is 0 Å². The fraction of sp³-hybridized carbons (Fsp3) is 0.240. The Kier molecular flexibility index (Phi) is 5.09. The topological polar surface area (TPSA) is 71.1 Å². The Morgan fingerprint density at radius 3 is 2.75 bits per heavy atom. The van der Waals surface area contributed by atoms with Gasteiger partial charge in [0, 0.05) is 36.1 Å². The van der Waals surface area contributed by atoms with E-state index in [0.717, 1.165) is 22.5 Å². The van der Waals surface area contributed by atoms with E-state index in [0.29, 0.717) is 35.5 Å². The maximum absolute atomic E-state index is 14.7. The van der Waals surface area contributed by atoms with Crippen molar-refractivity contribution in [2.75, 3.05) is 11.4 Å². The molecule has 0 radical (unpaired) electrons. The lowest BCUT2D eigenvalue weighted by Crippen LogP contribution is -2.26. The van der Waals surface area contributed by atoms with Crippen LogP contribution in [-0.4, -0.2) is 21.5 Å². The average molecular weight is 430 g/mol. The van der Waals surface area contributed by atoms with Crippen LogP contribution in [0.25, 0.3) is 10.9 Å². The molecule has 2 aromatic carbocycles. The van der Waals surface area contributed by atoms with Crippen molar-refractivity contribution in [3.8, 4) is 11.8 Å². The highest BCUT2D eigenvalue weighted by atomic mass is 19.1. The molecule has 0 fully saturated rings. The summed E-state index contributed by atoms with van der Waals surface area (Å²) < 4.78 is 20.4. The summed E-state index contributed by atoms with van der Waals surface area (Å²) >= 11 is 0. The first-order chi connectivity index (χ1) is 15.5. The summed E-state index contributed by atoms with van der Waals surface area (Å²) in [5.41, 5.74) is 3.92. The molecular formula is C25H23FN4O2. The van der Waals surface area contributed by atoms with Crippen molar-refractivity contribution in [2.24, 2.45) is 0 Å². The second kappa shape index (κ2) is 8.07. The summed E-state index contributed by atoms with van der Waals surface area (Å²) in [7, 11) is 0. The van der Waals surface area contributed by atoms with Gasteiger partial charge in [0.05, 0.1) is 17.1 Å². The monoisotopic (exact) mass is 430 g/mol. The fourth-order valence-electron chi connectivity index (χ4n) is 4.04. The van der Waals surface area contributed by atoms with Gasteiger partial charge in [0.1, 0.15) is 11.9 Å². The first-order valence-electron chi connectivity index (χ1n) is 10.7. The quantitative estimate of drug-likeness (QED) is 0.444. The number of aromatic nitrogens is 3. The van der Waals surface area contributed by atoms with E-state index in [2.05, 4.69) is 39.8 Å². The van der Waals surface area contributed by atoms with Crippen molar-refractivity contribution < 1.29 is 9.13 Å². The third-order valence-electron chi connectivity index (χ3n) is 5.80. The van der Waals surface area contributed by atoms with Crippen molar-refractivity contribution in [1.82, 2.24) is 15.0 Å². The van der Waals surface area contributed by atoms with Crippen LogP contribution in [0.4, 0.5) is 15.8 Å². The van der Waals surface area contributed by atoms with E-state index in [1.165, 1.54) is 6.20 Å². The molecule has 0 spiro atoms. The van der Waals surface area contributed by atoms with Crippen LogP contribution in [0.3, 0.4) is 0 Å². The third kappa shape index (κ3) is 3.70. The summed E-state index contributed by atoms with van der Waals surface area (Å²) in [6.07, 6.45) is 2.57. The van der Waals surface area contributed by atoms with Gasteiger partial charge in [-0.1, -0.05) is 26.0 Å². The number of alkyl halides is 1. The molecule has 0 amide bonds. The van der Waals surface area contributed by atoms with Crippen molar-refractivity contribution >= 4 is 22.3 Å². The Balaban J connectivity index is 1.41. The van der Waals surface area contributed by atoms with Crippen LogP contribution in [0.5, 0.6) is 11.8 Å². The molecule has 32 heavy (non-hydrogen) atoms. The maximum atomic E-state index is 14.7. The summed E-state index contributed by atoms with van der Waals surface area (Å²) in [6.45, 7) is 4.83. The highest BCUT2D eigenvalue weighted by Crippen LogP contribution is 2.41. The van der Waals surface area contributed by atoms with Crippen molar-refractivity contribution in [3.05, 3.63) is 82.4 Å². The van der Waals surface area contributed by atoms with Gasteiger partial charge in [-0.3, -0.25) is 14.8 Å². The van der Waals surface area contributed by atoms with Crippen molar-refractivity contribution in [3.63, 3.8) is 0 Å². The van der Waals surface area contributed by atoms with Gasteiger partial charge in [-0.2, -0.15) is 4.98 Å². The van der Waals surface area contributed by atoms with E-state index in [9.17, 15) is 9.18 Å². The first kappa shape index (κ1) is 20.2. The Hall–Kier alpha value is -3.74. The second-order valence-electron chi connectivity index (χ2n) is 8.24. The van der Waals surface area contributed by atoms with Crippen LogP contribution < -0.4 is 15.2 Å². The Morgan fingerprint density at radius 1 is 1.16 bits per heavy atom. The van der Waals surface area contributed by atoms with E-state index >= 15 is 0 Å². The number of fused-ring (bicyclic) bond motifs is 2. The minimum absolute atomic E-state index is 0.105. The zero-order valence-corrected chi connectivity index (χ0v) is 17.9. The normalized spacial score (nSPS) is 15.8. The molecular weight excluding hydrogens is 407 g/mol. The smallest absolute Gasteiger partial charge is 0.302 e. The van der Waals surface area contributed by atoms with Crippen LogP contribution in [0.2, 0.25) is 0 Å². The predicted molar refractivity (Wildman–Crippen MR) is 123 cm³/mol. The Morgan fingerprint density at radius 2 is 1.97 bits per heavy atom. The van der Waals surface area contributed by atoms with E-state index in [4.69, 9.17) is 4.74 Å². The second-order valence-corrected chi connectivity index (χ2v) is 8.24. The van der Waals surface area contributed by atoms with E-state index in [-0.39, 0.29) is 11.6 Å². The lowest BCUT2D eigenvalue weighted by molar-refractivity contribution is 0.319. The number of benzene rings is 2. The summed E-state index contributed by atoms with van der Waals surface area (Å²) in [5, 5.41) is 0.457. The maximum Gasteiger partial charge on any atom is 0.302 e. The molecule has 7 heteroatoms. The summed E-state index contributed by atoms with van der Waals surface area (Å²) in [6, 6.07) is 15.3. The molecule has 6 nitrogen and oxygen atoms in total. The predicted octanol–water partition coefficient (Wildman–Crippen LogP) is 5.79. The number of anilines is 2. The Labute approximate surface area is 184 Å². The van der Waals surface area contributed by atoms with Gasteiger partial charge in [-0.25, -0.2) is 4.39 Å². The average Bonchev–Trinajstić information content (AvgIpc) is 2.80. The number of nitrogens with one attached hydrogen (secondary N) is 1. The number of nitrogens with zero attached hydrogens (tertiary/aromatic N) is 3. The number of rotatable bonds is 4. The van der Waals surface area contributed by atoms with Crippen LogP contribution in [-0.2, 0) is 0 Å². The standard InChI is InChI=1S/C25H23FN4O2/c1-15(2)16-3-8-23-20(13-16)21(26)10-12-30(23)17-4-6-18(7-5-17)32-25-28-22-14-27-11-9-19(22)24(31)29-25/h3-9,11,13-15,21H,10,12H2,1-2H3,(H,28,29,31). The molecule has 1 atom stereocenters. The number of hydrogen-bond acceptors (Lipinski definition) is 5. The van der Waals surface area contributed by atoms with E-state index in [1.54, 1.807) is 12.3 Å². The lowest BCUT2D eigenvalue weighted by Gasteiger charge is -2.33. The number of aromatic amines is 1. The number of halogens is 1. The van der Waals surface area contributed by atoms with Crippen LogP contribution in [0.15, 0.2) is 65.7 Å². The van der Waals surface area contributed by atoms with Gasteiger partial charge in [0.25, 0.3) is 5.56 Å². The molecule has 0 saturated heterocycles. The van der Waals surface area contributed by atoms with Crippen LogP contribution in [0.1, 0.15) is 43.5 Å². The first-order valence-corrected chi connectivity index (χ1v) is 10.7. The molecule has 0 bridgehead atoms. The molecule has 0 saturated carbocycles. The fourth-order valence-corrected chi connectivity index (χ4v) is 4.04. The zero-order chi connectivity index (χ0) is 22.2. The van der Waals surface area contributed by atoms with Crippen molar-refractivity contribution in [2.45, 2.75) is 32.4 Å². The summed E-state index contributed by atoms with van der Waals surface area (Å²) in [4.78, 5) is 25.3. The molecule has 2 aromatic heterocycles. The molecule has 1 N–H and O–H groups in total. The molecule has 162 valence electrons. The number of ether oxygens (including phenoxy) is 1. The van der Waals surface area contributed by atoms with Gasteiger partial charge in [0.15, 0.2) is 0 Å². The number of H-pyrrole nitrogens is 1. The van der Waals surface area contributed by atoms with Gasteiger partial charge in [-0.05, 0) is 47.9 Å². The van der Waals surface area contributed by atoms with E-state index in [1.807, 2.05) is 36.4 Å². The molecule has 1 aliphatic rings. The lowest BCUT2D eigenvalue weighted by atomic mass is 9.93. The minimum atomic E-state index is -0.951. The zero-order valence-electron chi connectivity index (χ0n) is 17.9. The molecule has 1 aliphatic heterocycles. The van der Waals surface area contributed by atoms with Gasteiger partial charge in [0.2, 0.25) is 0 Å². The van der Waals surface area contributed by atoms with Crippen molar-refractivity contribution in [1.29, 1.82) is 0 Å². The SMILES string of the molecule is CC(C)c1ccc2c(c1)C(F)CCN2c1ccc(Oc2nc3cnccc3c(=O)[nH]2)cc1. The Bertz CT molecular complexity index is 1330. The van der Waals surface area contributed by atoms with E-state index < -0.39 is 6.17 Å². The molecule has 0 aliphatic carbocycles. The van der Waals surface area contributed by atoms with Gasteiger partial charge >= 0.3 is 6.01 Å². The third-order valence-corrected chi connectivity index (χ3v) is 5.80. The van der Waals surface area contributed by atoms with Gasteiger partial charge < -0.3 is 9.64 Å². The highest BCUT2D eigenvalue weighted by Gasteiger charge is 2.26.